The second kappa shape index (κ2) is 4.26. The van der Waals surface area contributed by atoms with Crippen LogP contribution in [0, 0.1) is 0 Å². The third-order valence-electron chi connectivity index (χ3n) is 1.36. The zero-order valence-electron chi connectivity index (χ0n) is 7.52. The zero-order valence-corrected chi connectivity index (χ0v) is 7.52. The van der Waals surface area contributed by atoms with Crippen LogP contribution in [0.5, 0.6) is 0 Å². The molecule has 0 unspecified atom stereocenters. The van der Waals surface area contributed by atoms with Crippen molar-refractivity contribution in [3.8, 4) is 0 Å². The Labute approximate surface area is 79.7 Å². The van der Waals surface area contributed by atoms with Crippen LogP contribution in [0.1, 0.15) is 0 Å². The molecule has 0 spiro atoms. The number of amides is 2. The summed E-state index contributed by atoms with van der Waals surface area (Å²) in [5, 5.41) is 16.7. The van der Waals surface area contributed by atoms with Gasteiger partial charge in [-0.25, -0.2) is 4.79 Å². The van der Waals surface area contributed by atoms with Crippen LogP contribution in [0.4, 0.5) is 10.6 Å². The lowest BCUT2D eigenvalue weighted by molar-refractivity contribution is -0.135. The summed E-state index contributed by atoms with van der Waals surface area (Å²) in [5.41, 5.74) is 0. The predicted octanol–water partition coefficient (Wildman–Crippen LogP) is -0.374. The number of anilines is 1. The molecule has 1 heterocycles. The fourth-order valence-corrected chi connectivity index (χ4v) is 0.798. The van der Waals surface area contributed by atoms with Gasteiger partial charge in [-0.3, -0.25) is 14.8 Å². The van der Waals surface area contributed by atoms with E-state index >= 15 is 0 Å². The number of aromatic nitrogens is 2. The minimum Gasteiger partial charge on any atom is -0.480 e. The van der Waals surface area contributed by atoms with Gasteiger partial charge in [0.05, 0.1) is 0 Å². The van der Waals surface area contributed by atoms with Crippen molar-refractivity contribution in [1.82, 2.24) is 15.1 Å². The molecule has 0 aromatic carbocycles. The van der Waals surface area contributed by atoms with Crippen LogP contribution in [0.15, 0.2) is 12.3 Å². The number of carbonyl (C=O) groups is 2. The van der Waals surface area contributed by atoms with Gasteiger partial charge in [0.2, 0.25) is 0 Å². The van der Waals surface area contributed by atoms with Gasteiger partial charge in [-0.2, -0.15) is 5.10 Å². The van der Waals surface area contributed by atoms with E-state index in [1.807, 2.05) is 0 Å². The highest BCUT2D eigenvalue weighted by atomic mass is 16.4. The Balaban J connectivity index is 2.37. The topological polar surface area (TPSA) is 96.2 Å². The quantitative estimate of drug-likeness (QED) is 0.617. The van der Waals surface area contributed by atoms with Crippen molar-refractivity contribution in [3.05, 3.63) is 12.3 Å². The average Bonchev–Trinajstić information content (AvgIpc) is 2.48. The molecular weight excluding hydrogens is 188 g/mol. The minimum absolute atomic E-state index is 0.371. The molecule has 3 N–H and O–H groups in total. The molecule has 1 aromatic rings. The summed E-state index contributed by atoms with van der Waals surface area (Å²) in [7, 11) is 1.71. The van der Waals surface area contributed by atoms with Crippen molar-refractivity contribution in [3.63, 3.8) is 0 Å². The Morgan fingerprint density at radius 3 is 2.86 bits per heavy atom. The van der Waals surface area contributed by atoms with Gasteiger partial charge >= 0.3 is 12.0 Å². The first-order chi connectivity index (χ1) is 6.58. The van der Waals surface area contributed by atoms with E-state index in [-0.39, 0.29) is 0 Å². The molecule has 0 aliphatic carbocycles. The van der Waals surface area contributed by atoms with Crippen molar-refractivity contribution in [2.24, 2.45) is 7.05 Å². The molecule has 0 fully saturated rings. The number of aryl methyl sites for hydroxylation is 1. The fourth-order valence-electron chi connectivity index (χ4n) is 0.798. The molecule has 76 valence electrons. The number of nitrogens with zero attached hydrogens (tertiary/aromatic N) is 2. The Morgan fingerprint density at radius 2 is 2.36 bits per heavy atom. The first-order valence-corrected chi connectivity index (χ1v) is 3.84. The maximum atomic E-state index is 11.0. The van der Waals surface area contributed by atoms with Gasteiger partial charge in [0, 0.05) is 19.3 Å². The maximum absolute atomic E-state index is 11.0. The molecule has 0 atom stereocenters. The number of carboxylic acids is 1. The summed E-state index contributed by atoms with van der Waals surface area (Å²) >= 11 is 0. The van der Waals surface area contributed by atoms with E-state index < -0.39 is 18.5 Å². The summed E-state index contributed by atoms with van der Waals surface area (Å²) in [6.45, 7) is -0.418. The SMILES string of the molecule is Cn1ccc(NC(=O)NCC(=O)O)n1. The molecule has 14 heavy (non-hydrogen) atoms. The number of carboxylic acid groups (broad SMARTS) is 1. The molecule has 2 amide bonds. The molecular formula is C7H10N4O3. The van der Waals surface area contributed by atoms with E-state index in [1.54, 1.807) is 19.3 Å². The highest BCUT2D eigenvalue weighted by Crippen LogP contribution is 1.99. The summed E-state index contributed by atoms with van der Waals surface area (Å²) in [6, 6.07) is 1.01. The number of nitrogens with one attached hydrogen (secondary N) is 2. The molecule has 0 bridgehead atoms. The Hall–Kier alpha value is -2.05. The van der Waals surface area contributed by atoms with Crippen molar-refractivity contribution < 1.29 is 14.7 Å². The number of hydrogen-bond donors (Lipinski definition) is 3. The monoisotopic (exact) mass is 198 g/mol. The van der Waals surface area contributed by atoms with E-state index in [9.17, 15) is 9.59 Å². The van der Waals surface area contributed by atoms with Crippen molar-refractivity contribution in [1.29, 1.82) is 0 Å². The summed E-state index contributed by atoms with van der Waals surface area (Å²) in [6.07, 6.45) is 1.66. The summed E-state index contributed by atoms with van der Waals surface area (Å²) in [4.78, 5) is 21.1. The van der Waals surface area contributed by atoms with Gasteiger partial charge in [0.1, 0.15) is 6.54 Å². The van der Waals surface area contributed by atoms with Crippen LogP contribution in [0.3, 0.4) is 0 Å². The van der Waals surface area contributed by atoms with E-state index in [4.69, 9.17) is 5.11 Å². The van der Waals surface area contributed by atoms with Crippen LogP contribution in [0.25, 0.3) is 0 Å². The fraction of sp³-hybridized carbons (Fsp3) is 0.286. The van der Waals surface area contributed by atoms with Gasteiger partial charge in [0.15, 0.2) is 5.82 Å². The minimum atomic E-state index is -1.10. The van der Waals surface area contributed by atoms with Crippen molar-refractivity contribution in [2.75, 3.05) is 11.9 Å². The summed E-state index contributed by atoms with van der Waals surface area (Å²) < 4.78 is 1.52. The highest BCUT2D eigenvalue weighted by molar-refractivity contribution is 5.90. The van der Waals surface area contributed by atoms with Crippen LogP contribution in [0.2, 0.25) is 0 Å². The van der Waals surface area contributed by atoms with Gasteiger partial charge in [0.25, 0.3) is 0 Å². The van der Waals surface area contributed by atoms with Crippen LogP contribution in [-0.2, 0) is 11.8 Å². The molecule has 0 aliphatic rings. The second-order valence-electron chi connectivity index (χ2n) is 2.58. The lowest BCUT2D eigenvalue weighted by atomic mass is 10.6. The molecule has 0 saturated heterocycles. The van der Waals surface area contributed by atoms with Crippen LogP contribution < -0.4 is 10.6 Å². The number of carbonyl (C=O) groups excluding carboxylic acids is 1. The largest absolute Gasteiger partial charge is 0.480 e. The van der Waals surface area contributed by atoms with Gasteiger partial charge in [-0.15, -0.1) is 0 Å². The molecule has 0 saturated carbocycles. The molecule has 0 radical (unpaired) electrons. The first kappa shape index (κ1) is 10.0. The molecule has 7 nitrogen and oxygen atoms in total. The average molecular weight is 198 g/mol. The molecule has 7 heteroatoms. The molecule has 0 aliphatic heterocycles. The van der Waals surface area contributed by atoms with Crippen LogP contribution in [-0.4, -0.2) is 33.4 Å². The molecule has 1 aromatic heterocycles. The van der Waals surface area contributed by atoms with Crippen molar-refractivity contribution in [2.45, 2.75) is 0 Å². The number of hydrogen-bond acceptors (Lipinski definition) is 3. The third kappa shape index (κ3) is 3.13. The zero-order chi connectivity index (χ0) is 10.6. The molecule has 1 rings (SSSR count). The summed E-state index contributed by atoms with van der Waals surface area (Å²) in [5.74, 6) is -0.725. The van der Waals surface area contributed by atoms with Crippen LogP contribution >= 0.6 is 0 Å². The van der Waals surface area contributed by atoms with Crippen molar-refractivity contribution >= 4 is 17.8 Å². The number of rotatable bonds is 3. The van der Waals surface area contributed by atoms with E-state index in [0.717, 1.165) is 0 Å². The third-order valence-corrected chi connectivity index (χ3v) is 1.36. The standard InChI is InChI=1S/C7H10N4O3/c1-11-3-2-5(10-11)9-7(14)8-4-6(12)13/h2-3H,4H2,1H3,(H,12,13)(H2,8,9,10,14). The van der Waals surface area contributed by atoms with Gasteiger partial charge in [-0.1, -0.05) is 0 Å². The second-order valence-corrected chi connectivity index (χ2v) is 2.58. The predicted molar refractivity (Wildman–Crippen MR) is 47.9 cm³/mol. The number of aliphatic carboxylic acids is 1. The maximum Gasteiger partial charge on any atom is 0.323 e. The Bertz CT molecular complexity index is 346. The Morgan fingerprint density at radius 1 is 1.64 bits per heavy atom. The smallest absolute Gasteiger partial charge is 0.323 e. The normalized spacial score (nSPS) is 9.50. The van der Waals surface area contributed by atoms with E-state index in [2.05, 4.69) is 15.7 Å². The van der Waals surface area contributed by atoms with Gasteiger partial charge in [-0.05, 0) is 0 Å². The lowest BCUT2D eigenvalue weighted by Gasteiger charge is -2.01. The van der Waals surface area contributed by atoms with Gasteiger partial charge < -0.3 is 10.4 Å². The van der Waals surface area contributed by atoms with E-state index in [0.29, 0.717) is 5.82 Å². The number of urea groups is 1. The first-order valence-electron chi connectivity index (χ1n) is 3.84. The Kier molecular flexibility index (Phi) is 3.05. The lowest BCUT2D eigenvalue weighted by Crippen LogP contribution is -2.33. The highest BCUT2D eigenvalue weighted by Gasteiger charge is 2.04. The van der Waals surface area contributed by atoms with E-state index in [1.165, 1.54) is 4.68 Å².